The summed E-state index contributed by atoms with van der Waals surface area (Å²) >= 11 is 1.22. The molecule has 8 heteroatoms. The van der Waals surface area contributed by atoms with Gasteiger partial charge in [0, 0.05) is 22.3 Å². The SMILES string of the molecule is Cc1ccc(-c2csc(NC(=O)C(C)n3c(C)cc(C)nc3=O)c2C(N)=O)cc1. The number of aryl methyl sites for hydroxylation is 3. The van der Waals surface area contributed by atoms with Gasteiger partial charge in [0.05, 0.1) is 5.56 Å². The van der Waals surface area contributed by atoms with E-state index in [2.05, 4.69) is 10.3 Å². The number of aromatic nitrogens is 2. The Morgan fingerprint density at radius 2 is 1.83 bits per heavy atom. The lowest BCUT2D eigenvalue weighted by molar-refractivity contribution is -0.118. The van der Waals surface area contributed by atoms with Gasteiger partial charge < -0.3 is 11.1 Å². The highest BCUT2D eigenvalue weighted by molar-refractivity contribution is 7.15. The molecule has 1 aromatic carbocycles. The van der Waals surface area contributed by atoms with Crippen LogP contribution in [-0.2, 0) is 4.79 Å². The number of nitrogens with one attached hydrogen (secondary N) is 1. The minimum absolute atomic E-state index is 0.255. The number of hydrogen-bond donors (Lipinski definition) is 2. The summed E-state index contributed by atoms with van der Waals surface area (Å²) in [5.74, 6) is -1.06. The number of amides is 2. The van der Waals surface area contributed by atoms with Gasteiger partial charge >= 0.3 is 5.69 Å². The first kappa shape index (κ1) is 20.5. The molecule has 0 spiro atoms. The van der Waals surface area contributed by atoms with E-state index in [0.29, 0.717) is 22.0 Å². The van der Waals surface area contributed by atoms with E-state index in [1.165, 1.54) is 15.9 Å². The number of carbonyl (C=O) groups excluding carboxylic acids is 2. The summed E-state index contributed by atoms with van der Waals surface area (Å²) in [5.41, 5.74) is 9.19. The van der Waals surface area contributed by atoms with Gasteiger partial charge in [-0.3, -0.25) is 14.2 Å². The predicted molar refractivity (Wildman–Crippen MR) is 114 cm³/mol. The fourth-order valence-electron chi connectivity index (χ4n) is 3.20. The van der Waals surface area contributed by atoms with Crippen LogP contribution < -0.4 is 16.7 Å². The Kier molecular flexibility index (Phi) is 5.65. The maximum Gasteiger partial charge on any atom is 0.348 e. The van der Waals surface area contributed by atoms with Crippen molar-refractivity contribution in [1.29, 1.82) is 0 Å². The zero-order valence-corrected chi connectivity index (χ0v) is 17.5. The molecule has 1 atom stereocenters. The van der Waals surface area contributed by atoms with E-state index < -0.39 is 23.5 Å². The number of carbonyl (C=O) groups is 2. The number of nitrogens with zero attached hydrogens (tertiary/aromatic N) is 2. The van der Waals surface area contributed by atoms with Gasteiger partial charge in [0.1, 0.15) is 11.0 Å². The smallest absolute Gasteiger partial charge is 0.348 e. The fraction of sp³-hybridized carbons (Fsp3) is 0.238. The van der Waals surface area contributed by atoms with Crippen LogP contribution in [0.3, 0.4) is 0 Å². The Labute approximate surface area is 172 Å². The fourth-order valence-corrected chi connectivity index (χ4v) is 4.18. The van der Waals surface area contributed by atoms with Crippen molar-refractivity contribution in [2.45, 2.75) is 33.7 Å². The van der Waals surface area contributed by atoms with Crippen LogP contribution >= 0.6 is 11.3 Å². The molecular weight excluding hydrogens is 388 g/mol. The summed E-state index contributed by atoms with van der Waals surface area (Å²) in [5, 5.41) is 4.90. The molecule has 3 rings (SSSR count). The molecule has 7 nitrogen and oxygen atoms in total. The van der Waals surface area contributed by atoms with E-state index >= 15 is 0 Å². The second kappa shape index (κ2) is 8.00. The molecule has 3 N–H and O–H groups in total. The van der Waals surface area contributed by atoms with E-state index in [0.717, 1.165) is 11.1 Å². The molecule has 0 fully saturated rings. The van der Waals surface area contributed by atoms with Crippen molar-refractivity contribution in [2.24, 2.45) is 5.73 Å². The van der Waals surface area contributed by atoms with Crippen molar-refractivity contribution in [3.63, 3.8) is 0 Å². The lowest BCUT2D eigenvalue weighted by Gasteiger charge is -2.17. The highest BCUT2D eigenvalue weighted by atomic mass is 32.1. The van der Waals surface area contributed by atoms with E-state index in [1.807, 2.05) is 31.2 Å². The van der Waals surface area contributed by atoms with Gasteiger partial charge in [-0.25, -0.2) is 4.79 Å². The standard InChI is InChI=1S/C21H22N4O3S/c1-11-5-7-15(8-6-11)16-10-29-20(17(16)18(22)26)24-19(27)14(4)25-13(3)9-12(2)23-21(25)28/h5-10,14H,1-4H3,(H2,22,26)(H,24,27). The van der Waals surface area contributed by atoms with E-state index in [9.17, 15) is 14.4 Å². The van der Waals surface area contributed by atoms with Gasteiger partial charge in [0.2, 0.25) is 5.91 Å². The molecule has 3 aromatic rings. The number of primary amides is 1. The number of anilines is 1. The molecule has 2 aromatic heterocycles. The maximum absolute atomic E-state index is 12.8. The topological polar surface area (TPSA) is 107 Å². The summed E-state index contributed by atoms with van der Waals surface area (Å²) in [4.78, 5) is 41.1. The third-order valence-corrected chi connectivity index (χ3v) is 5.57. The Balaban J connectivity index is 1.94. The summed E-state index contributed by atoms with van der Waals surface area (Å²) in [6, 6.07) is 8.62. The largest absolute Gasteiger partial charge is 0.365 e. The van der Waals surface area contributed by atoms with Crippen LogP contribution in [0.15, 0.2) is 40.5 Å². The van der Waals surface area contributed by atoms with Gasteiger partial charge in [0.15, 0.2) is 0 Å². The van der Waals surface area contributed by atoms with Crippen molar-refractivity contribution < 1.29 is 9.59 Å². The van der Waals surface area contributed by atoms with Crippen molar-refractivity contribution in [2.75, 3.05) is 5.32 Å². The van der Waals surface area contributed by atoms with Gasteiger partial charge in [0.25, 0.3) is 5.91 Å². The third kappa shape index (κ3) is 4.12. The highest BCUT2D eigenvalue weighted by Crippen LogP contribution is 2.35. The average molecular weight is 410 g/mol. The maximum atomic E-state index is 12.8. The molecule has 1 unspecified atom stereocenters. The first-order valence-corrected chi connectivity index (χ1v) is 9.93. The second-order valence-electron chi connectivity index (χ2n) is 6.94. The van der Waals surface area contributed by atoms with Gasteiger partial charge in [-0.05, 0) is 39.3 Å². The summed E-state index contributed by atoms with van der Waals surface area (Å²) in [7, 11) is 0. The number of hydrogen-bond acceptors (Lipinski definition) is 5. The molecule has 0 saturated carbocycles. The van der Waals surface area contributed by atoms with Crippen LogP contribution in [0.4, 0.5) is 5.00 Å². The normalized spacial score (nSPS) is 11.9. The lowest BCUT2D eigenvalue weighted by atomic mass is 10.0. The van der Waals surface area contributed by atoms with E-state index in [4.69, 9.17) is 5.73 Å². The van der Waals surface area contributed by atoms with Gasteiger partial charge in [-0.2, -0.15) is 4.98 Å². The monoisotopic (exact) mass is 410 g/mol. The zero-order valence-electron chi connectivity index (χ0n) is 16.6. The molecule has 29 heavy (non-hydrogen) atoms. The minimum Gasteiger partial charge on any atom is -0.365 e. The molecule has 0 radical (unpaired) electrons. The van der Waals surface area contributed by atoms with Crippen LogP contribution in [0.2, 0.25) is 0 Å². The van der Waals surface area contributed by atoms with Crippen LogP contribution in [0.1, 0.15) is 40.3 Å². The van der Waals surface area contributed by atoms with Crippen molar-refractivity contribution in [3.05, 3.63) is 68.7 Å². The minimum atomic E-state index is -0.804. The van der Waals surface area contributed by atoms with E-state index in [1.54, 1.807) is 32.2 Å². The highest BCUT2D eigenvalue weighted by Gasteiger charge is 2.24. The van der Waals surface area contributed by atoms with E-state index in [-0.39, 0.29) is 5.56 Å². The van der Waals surface area contributed by atoms with Gasteiger partial charge in [-0.1, -0.05) is 29.8 Å². The Morgan fingerprint density at radius 3 is 2.41 bits per heavy atom. The molecule has 0 bridgehead atoms. The molecular formula is C21H22N4O3S. The van der Waals surface area contributed by atoms with Crippen LogP contribution in [-0.4, -0.2) is 21.4 Å². The number of benzene rings is 1. The molecule has 0 aliphatic rings. The molecule has 0 aliphatic heterocycles. The predicted octanol–water partition coefficient (Wildman–Crippen LogP) is 3.20. The summed E-state index contributed by atoms with van der Waals surface area (Å²) < 4.78 is 1.32. The molecule has 0 aliphatic carbocycles. The van der Waals surface area contributed by atoms with Gasteiger partial charge in [-0.15, -0.1) is 11.3 Å². The Bertz CT molecular complexity index is 1150. The summed E-state index contributed by atoms with van der Waals surface area (Å²) in [6.45, 7) is 7.05. The molecule has 2 amide bonds. The molecule has 2 heterocycles. The number of nitrogens with two attached hydrogens (primary N) is 1. The molecule has 0 saturated heterocycles. The Hall–Kier alpha value is -3.26. The van der Waals surface area contributed by atoms with Crippen LogP contribution in [0.25, 0.3) is 11.1 Å². The van der Waals surface area contributed by atoms with Crippen LogP contribution in [0, 0.1) is 20.8 Å². The third-order valence-electron chi connectivity index (χ3n) is 4.68. The van der Waals surface area contributed by atoms with Crippen molar-refractivity contribution in [1.82, 2.24) is 9.55 Å². The van der Waals surface area contributed by atoms with Crippen molar-refractivity contribution in [3.8, 4) is 11.1 Å². The number of rotatable bonds is 5. The average Bonchev–Trinajstić information content (AvgIpc) is 3.05. The lowest BCUT2D eigenvalue weighted by Crippen LogP contribution is -2.34. The number of thiophene rings is 1. The van der Waals surface area contributed by atoms with Crippen LogP contribution in [0.5, 0.6) is 0 Å². The second-order valence-corrected chi connectivity index (χ2v) is 7.82. The first-order chi connectivity index (χ1) is 13.7. The quantitative estimate of drug-likeness (QED) is 0.673. The molecule has 150 valence electrons. The van der Waals surface area contributed by atoms with Crippen molar-refractivity contribution >= 4 is 28.2 Å². The first-order valence-electron chi connectivity index (χ1n) is 9.05. The zero-order chi connectivity index (χ0) is 21.3. The Morgan fingerprint density at radius 1 is 1.17 bits per heavy atom. The summed E-state index contributed by atoms with van der Waals surface area (Å²) in [6.07, 6.45) is 0.